The summed E-state index contributed by atoms with van der Waals surface area (Å²) >= 11 is 3.49. The summed E-state index contributed by atoms with van der Waals surface area (Å²) in [6.45, 7) is 4.42. The van der Waals surface area contributed by atoms with Gasteiger partial charge in [0.2, 0.25) is 0 Å². The number of methoxy groups -OCH3 is 1. The number of hydrogen-bond donors (Lipinski definition) is 0. The van der Waals surface area contributed by atoms with E-state index in [1.54, 1.807) is 20.3 Å². The van der Waals surface area contributed by atoms with Gasteiger partial charge >= 0.3 is 5.97 Å². The summed E-state index contributed by atoms with van der Waals surface area (Å²) in [5, 5.41) is 0.918. The Hall–Kier alpha value is -2.47. The molecule has 0 unspecified atom stereocenters. The van der Waals surface area contributed by atoms with Crippen molar-refractivity contribution in [1.82, 2.24) is 0 Å². The van der Waals surface area contributed by atoms with Gasteiger partial charge in [0, 0.05) is 21.0 Å². The fraction of sp³-hybridized carbons (Fsp3) is 0.286. The number of aryl methyl sites for hydroxylation is 1. The van der Waals surface area contributed by atoms with Crippen LogP contribution in [0.3, 0.4) is 0 Å². The molecule has 6 heteroatoms. The Morgan fingerprint density at radius 3 is 2.78 bits per heavy atom. The van der Waals surface area contributed by atoms with E-state index >= 15 is 0 Å². The van der Waals surface area contributed by atoms with E-state index in [1.807, 2.05) is 37.3 Å². The Labute approximate surface area is 166 Å². The molecule has 1 aromatic heterocycles. The molecule has 0 saturated heterocycles. The van der Waals surface area contributed by atoms with Crippen molar-refractivity contribution in [2.45, 2.75) is 26.9 Å². The minimum Gasteiger partial charge on any atom is -0.493 e. The molecular formula is C21H21BrO5. The lowest BCUT2D eigenvalue weighted by Crippen LogP contribution is -2.09. The van der Waals surface area contributed by atoms with Gasteiger partial charge in [-0.25, -0.2) is 0 Å². The molecule has 0 spiro atoms. The summed E-state index contributed by atoms with van der Waals surface area (Å²) in [6, 6.07) is 9.57. The van der Waals surface area contributed by atoms with Crippen molar-refractivity contribution in [3.05, 3.63) is 57.8 Å². The Kier molecular flexibility index (Phi) is 6.06. The second kappa shape index (κ2) is 8.48. The molecule has 0 saturated carbocycles. The fourth-order valence-corrected chi connectivity index (χ4v) is 3.40. The van der Waals surface area contributed by atoms with Crippen LogP contribution in [0.5, 0.6) is 11.5 Å². The predicted molar refractivity (Wildman–Crippen MR) is 106 cm³/mol. The number of hydrogen-bond acceptors (Lipinski definition) is 5. The molecule has 0 bridgehead atoms. The lowest BCUT2D eigenvalue weighted by atomic mass is 10.1. The number of carbonyl (C=O) groups excluding carboxylic acids is 1. The molecular weight excluding hydrogens is 412 g/mol. The van der Waals surface area contributed by atoms with Gasteiger partial charge in [-0.05, 0) is 31.5 Å². The third-order valence-corrected chi connectivity index (χ3v) is 4.67. The first-order chi connectivity index (χ1) is 13.0. The van der Waals surface area contributed by atoms with Crippen LogP contribution in [0.1, 0.15) is 23.6 Å². The topological polar surface area (TPSA) is 57.9 Å². The van der Waals surface area contributed by atoms with E-state index < -0.39 is 0 Å². The van der Waals surface area contributed by atoms with E-state index in [0.717, 1.165) is 26.5 Å². The summed E-state index contributed by atoms with van der Waals surface area (Å²) in [7, 11) is 1.61. The molecule has 0 amide bonds. The van der Waals surface area contributed by atoms with E-state index in [1.165, 1.54) is 0 Å². The molecule has 0 radical (unpaired) electrons. The van der Waals surface area contributed by atoms with Crippen LogP contribution in [-0.4, -0.2) is 19.7 Å². The number of fused-ring (bicyclic) bond motifs is 1. The molecule has 0 fully saturated rings. The van der Waals surface area contributed by atoms with Crippen LogP contribution in [0, 0.1) is 6.92 Å². The maximum Gasteiger partial charge on any atom is 0.310 e. The zero-order chi connectivity index (χ0) is 19.4. The molecule has 1 heterocycles. The zero-order valence-corrected chi connectivity index (χ0v) is 17.1. The first kappa shape index (κ1) is 19.3. The Morgan fingerprint density at radius 2 is 2.04 bits per heavy atom. The van der Waals surface area contributed by atoms with Crippen LogP contribution in [0.25, 0.3) is 11.0 Å². The maximum atomic E-state index is 11.9. The highest BCUT2D eigenvalue weighted by Gasteiger charge is 2.15. The Balaban J connectivity index is 1.86. The average molecular weight is 433 g/mol. The molecule has 2 aromatic carbocycles. The van der Waals surface area contributed by atoms with Crippen LogP contribution in [0.4, 0.5) is 0 Å². The first-order valence-electron chi connectivity index (χ1n) is 8.64. The molecule has 142 valence electrons. The molecule has 0 aliphatic rings. The van der Waals surface area contributed by atoms with Gasteiger partial charge in [0.05, 0.1) is 26.4 Å². The van der Waals surface area contributed by atoms with Crippen molar-refractivity contribution in [1.29, 1.82) is 0 Å². The fourth-order valence-electron chi connectivity index (χ4n) is 2.96. The smallest absolute Gasteiger partial charge is 0.310 e. The molecule has 3 aromatic rings. The molecule has 0 N–H and O–H groups in total. The number of esters is 1. The zero-order valence-electron chi connectivity index (χ0n) is 15.5. The van der Waals surface area contributed by atoms with Gasteiger partial charge in [-0.3, -0.25) is 4.79 Å². The highest BCUT2D eigenvalue weighted by molar-refractivity contribution is 9.10. The predicted octanol–water partition coefficient (Wildman–Crippen LogP) is 5.20. The quantitative estimate of drug-likeness (QED) is 0.480. The molecule has 0 aliphatic carbocycles. The highest BCUT2D eigenvalue weighted by atomic mass is 79.9. The number of para-hydroxylation sites is 1. The molecule has 5 nitrogen and oxygen atoms in total. The highest BCUT2D eigenvalue weighted by Crippen LogP contribution is 2.34. The van der Waals surface area contributed by atoms with Crippen LogP contribution >= 0.6 is 15.9 Å². The van der Waals surface area contributed by atoms with Gasteiger partial charge in [0.1, 0.15) is 12.4 Å². The van der Waals surface area contributed by atoms with Crippen molar-refractivity contribution in [2.24, 2.45) is 0 Å². The standard InChI is InChI=1S/C21H21BrO5/c1-4-25-19(23)8-14-7-5-6-13(2)20(14)26-11-15-12-27-21-17(15)9-16(22)10-18(21)24-3/h5-7,9-10,12H,4,8,11H2,1-3H3. The van der Waals surface area contributed by atoms with Gasteiger partial charge in [-0.1, -0.05) is 34.1 Å². The monoisotopic (exact) mass is 432 g/mol. The van der Waals surface area contributed by atoms with Gasteiger partial charge in [0.25, 0.3) is 0 Å². The van der Waals surface area contributed by atoms with Gasteiger partial charge in [-0.15, -0.1) is 0 Å². The SMILES string of the molecule is CCOC(=O)Cc1cccc(C)c1OCc1coc2c(OC)cc(Br)cc12. The Morgan fingerprint density at radius 1 is 1.22 bits per heavy atom. The summed E-state index contributed by atoms with van der Waals surface area (Å²) in [5.41, 5.74) is 3.34. The lowest BCUT2D eigenvalue weighted by Gasteiger charge is -2.13. The summed E-state index contributed by atoms with van der Waals surface area (Å²) in [5.74, 6) is 1.08. The van der Waals surface area contributed by atoms with Crippen molar-refractivity contribution >= 4 is 32.9 Å². The number of furan rings is 1. The third kappa shape index (κ3) is 4.27. The van der Waals surface area contributed by atoms with E-state index in [-0.39, 0.29) is 12.4 Å². The number of rotatable bonds is 7. The van der Waals surface area contributed by atoms with E-state index in [9.17, 15) is 4.79 Å². The first-order valence-corrected chi connectivity index (χ1v) is 9.43. The van der Waals surface area contributed by atoms with Crippen LogP contribution < -0.4 is 9.47 Å². The van der Waals surface area contributed by atoms with Crippen molar-refractivity contribution in [3.63, 3.8) is 0 Å². The van der Waals surface area contributed by atoms with E-state index in [2.05, 4.69) is 15.9 Å². The van der Waals surface area contributed by atoms with Gasteiger partial charge < -0.3 is 18.6 Å². The molecule has 3 rings (SSSR count). The lowest BCUT2D eigenvalue weighted by molar-refractivity contribution is -0.142. The maximum absolute atomic E-state index is 11.9. The number of ether oxygens (including phenoxy) is 3. The molecule has 0 aliphatic heterocycles. The normalized spacial score (nSPS) is 10.8. The van der Waals surface area contributed by atoms with E-state index in [0.29, 0.717) is 30.3 Å². The number of carbonyl (C=O) groups is 1. The largest absolute Gasteiger partial charge is 0.493 e. The van der Waals surface area contributed by atoms with Crippen LogP contribution in [0.2, 0.25) is 0 Å². The van der Waals surface area contributed by atoms with Crippen LogP contribution in [-0.2, 0) is 22.6 Å². The van der Waals surface area contributed by atoms with Crippen molar-refractivity contribution in [3.8, 4) is 11.5 Å². The Bertz CT molecular complexity index is 961. The van der Waals surface area contributed by atoms with Crippen molar-refractivity contribution in [2.75, 3.05) is 13.7 Å². The third-order valence-electron chi connectivity index (χ3n) is 4.21. The minimum absolute atomic E-state index is 0.177. The second-order valence-electron chi connectivity index (χ2n) is 6.08. The number of benzene rings is 2. The summed E-state index contributed by atoms with van der Waals surface area (Å²) in [6.07, 6.45) is 1.85. The van der Waals surface area contributed by atoms with Gasteiger partial charge in [-0.2, -0.15) is 0 Å². The second-order valence-corrected chi connectivity index (χ2v) is 6.99. The average Bonchev–Trinajstić information content (AvgIpc) is 3.03. The van der Waals surface area contributed by atoms with Crippen LogP contribution in [0.15, 0.2) is 45.5 Å². The van der Waals surface area contributed by atoms with Gasteiger partial charge in [0.15, 0.2) is 11.3 Å². The molecule has 0 atom stereocenters. The summed E-state index contributed by atoms with van der Waals surface area (Å²) in [4.78, 5) is 11.9. The minimum atomic E-state index is -0.268. The number of halogens is 1. The van der Waals surface area contributed by atoms with E-state index in [4.69, 9.17) is 18.6 Å². The molecule has 27 heavy (non-hydrogen) atoms. The van der Waals surface area contributed by atoms with Crippen molar-refractivity contribution < 1.29 is 23.4 Å². The summed E-state index contributed by atoms with van der Waals surface area (Å²) < 4.78 is 23.1.